The van der Waals surface area contributed by atoms with Gasteiger partial charge in [-0.25, -0.2) is 0 Å². The first-order valence-electron chi connectivity index (χ1n) is 7.44. The summed E-state index contributed by atoms with van der Waals surface area (Å²) in [6.07, 6.45) is 2.03. The van der Waals surface area contributed by atoms with E-state index >= 15 is 0 Å². The molecule has 0 aromatic rings. The van der Waals surface area contributed by atoms with Crippen LogP contribution in [-0.2, 0) is 4.79 Å². The summed E-state index contributed by atoms with van der Waals surface area (Å²) >= 11 is 0. The van der Waals surface area contributed by atoms with Crippen LogP contribution in [0.2, 0.25) is 0 Å². The van der Waals surface area contributed by atoms with Gasteiger partial charge < -0.3 is 25.9 Å². The van der Waals surface area contributed by atoms with Crippen LogP contribution in [0.25, 0.3) is 0 Å². The van der Waals surface area contributed by atoms with E-state index in [1.54, 1.807) is 0 Å². The molecule has 0 radical (unpaired) electrons. The molecule has 0 heterocycles. The molecule has 0 unspecified atom stereocenters. The fourth-order valence-corrected chi connectivity index (χ4v) is 1.97. The molecule has 0 spiro atoms. The predicted molar refractivity (Wildman–Crippen MR) is 78.3 cm³/mol. The van der Waals surface area contributed by atoms with Gasteiger partial charge in [-0.05, 0) is 47.1 Å². The SMILES string of the molecule is CC[N+](CC)(CC)CC.NCCCC[C@H](N)C(=O)[O-]. The van der Waals surface area contributed by atoms with Gasteiger partial charge in [0.1, 0.15) is 0 Å². The largest absolute Gasteiger partial charge is 0.548 e. The Bertz CT molecular complexity index is 201. The number of carbonyl (C=O) groups excluding carboxylic acids is 1. The van der Waals surface area contributed by atoms with Gasteiger partial charge in [0, 0.05) is 6.04 Å². The van der Waals surface area contributed by atoms with Gasteiger partial charge in [0.25, 0.3) is 0 Å². The maximum Gasteiger partial charge on any atom is 0.0757 e. The first kappa shape index (κ1) is 20.7. The molecule has 0 rings (SSSR count). The second-order valence-electron chi connectivity index (χ2n) is 4.82. The topological polar surface area (TPSA) is 92.2 Å². The summed E-state index contributed by atoms with van der Waals surface area (Å²) in [6.45, 7) is 14.8. The third-order valence-electron chi connectivity index (χ3n) is 3.96. The third kappa shape index (κ3) is 9.87. The van der Waals surface area contributed by atoms with Crippen molar-refractivity contribution in [2.24, 2.45) is 11.5 Å². The Balaban J connectivity index is 0. The van der Waals surface area contributed by atoms with Crippen LogP contribution in [-0.4, -0.2) is 49.2 Å². The lowest BCUT2D eigenvalue weighted by Crippen LogP contribution is -2.47. The normalized spacial score (nSPS) is 12.5. The first-order chi connectivity index (χ1) is 8.92. The van der Waals surface area contributed by atoms with E-state index in [1.165, 1.54) is 30.7 Å². The number of carboxylic acids is 1. The van der Waals surface area contributed by atoms with Crippen LogP contribution in [0.5, 0.6) is 0 Å². The molecule has 0 amide bonds. The number of rotatable bonds is 9. The molecule has 5 heteroatoms. The molecule has 116 valence electrons. The maximum absolute atomic E-state index is 10.0. The molecular weight excluding hydrogens is 242 g/mol. The molecule has 1 atom stereocenters. The van der Waals surface area contributed by atoms with Crippen LogP contribution in [0.15, 0.2) is 0 Å². The van der Waals surface area contributed by atoms with Crippen LogP contribution in [0.1, 0.15) is 47.0 Å². The van der Waals surface area contributed by atoms with Crippen LogP contribution in [0.4, 0.5) is 0 Å². The van der Waals surface area contributed by atoms with E-state index in [-0.39, 0.29) is 0 Å². The number of hydrogen-bond donors (Lipinski definition) is 2. The van der Waals surface area contributed by atoms with E-state index in [9.17, 15) is 9.90 Å². The number of hydrogen-bond acceptors (Lipinski definition) is 4. The van der Waals surface area contributed by atoms with E-state index in [2.05, 4.69) is 27.7 Å². The zero-order valence-electron chi connectivity index (χ0n) is 13.2. The minimum Gasteiger partial charge on any atom is -0.548 e. The molecule has 0 aromatic carbocycles. The summed E-state index contributed by atoms with van der Waals surface area (Å²) in [6, 6.07) is -0.827. The van der Waals surface area contributed by atoms with Crippen molar-refractivity contribution in [3.05, 3.63) is 0 Å². The second-order valence-corrected chi connectivity index (χ2v) is 4.82. The fourth-order valence-electron chi connectivity index (χ4n) is 1.97. The number of carbonyl (C=O) groups is 1. The molecular formula is C14H33N3O2. The van der Waals surface area contributed by atoms with E-state index in [4.69, 9.17) is 11.5 Å². The molecule has 0 aliphatic rings. The van der Waals surface area contributed by atoms with Crippen molar-refractivity contribution in [3.63, 3.8) is 0 Å². The number of quaternary nitrogens is 1. The van der Waals surface area contributed by atoms with Crippen molar-refractivity contribution in [2.75, 3.05) is 32.7 Å². The summed E-state index contributed by atoms with van der Waals surface area (Å²) < 4.78 is 1.28. The van der Waals surface area contributed by atoms with Gasteiger partial charge in [0.2, 0.25) is 0 Å². The lowest BCUT2D eigenvalue weighted by Gasteiger charge is -2.34. The molecule has 0 aromatic heterocycles. The average Bonchev–Trinajstić information content (AvgIpc) is 2.43. The Hall–Kier alpha value is -0.650. The number of carboxylic acid groups (broad SMARTS) is 1. The van der Waals surface area contributed by atoms with Gasteiger partial charge in [-0.1, -0.05) is 6.42 Å². The molecule has 0 fully saturated rings. The van der Waals surface area contributed by atoms with Crippen LogP contribution < -0.4 is 16.6 Å². The Morgan fingerprint density at radius 2 is 1.47 bits per heavy atom. The van der Waals surface area contributed by atoms with E-state index in [1.807, 2.05) is 0 Å². The van der Waals surface area contributed by atoms with E-state index in [0.29, 0.717) is 13.0 Å². The smallest absolute Gasteiger partial charge is 0.0757 e. The third-order valence-corrected chi connectivity index (χ3v) is 3.96. The lowest BCUT2D eigenvalue weighted by molar-refractivity contribution is -0.921. The Kier molecular flexibility index (Phi) is 13.5. The van der Waals surface area contributed by atoms with Gasteiger partial charge in [-0.15, -0.1) is 0 Å². The predicted octanol–water partition coefficient (Wildman–Crippen LogP) is 0.0754. The van der Waals surface area contributed by atoms with Crippen molar-refractivity contribution >= 4 is 5.97 Å². The first-order valence-corrected chi connectivity index (χ1v) is 7.44. The van der Waals surface area contributed by atoms with Crippen molar-refractivity contribution in [1.29, 1.82) is 0 Å². The number of nitrogens with two attached hydrogens (primary N) is 2. The Labute approximate surface area is 118 Å². The van der Waals surface area contributed by atoms with Crippen LogP contribution in [0.3, 0.4) is 0 Å². The van der Waals surface area contributed by atoms with Gasteiger partial charge in [-0.2, -0.15) is 0 Å². The fraction of sp³-hybridized carbons (Fsp3) is 0.929. The van der Waals surface area contributed by atoms with E-state index < -0.39 is 12.0 Å². The summed E-state index contributed by atoms with van der Waals surface area (Å²) in [5, 5.41) is 10.0. The molecule has 0 saturated heterocycles. The zero-order valence-corrected chi connectivity index (χ0v) is 13.2. The lowest BCUT2D eigenvalue weighted by atomic mass is 10.1. The van der Waals surface area contributed by atoms with Crippen molar-refractivity contribution < 1.29 is 14.4 Å². The van der Waals surface area contributed by atoms with Gasteiger partial charge in [-0.3, -0.25) is 0 Å². The highest BCUT2D eigenvalue weighted by molar-refractivity contribution is 5.70. The van der Waals surface area contributed by atoms with Crippen molar-refractivity contribution in [3.8, 4) is 0 Å². The van der Waals surface area contributed by atoms with Gasteiger partial charge >= 0.3 is 0 Å². The van der Waals surface area contributed by atoms with Crippen LogP contribution in [0, 0.1) is 0 Å². The van der Waals surface area contributed by atoms with Crippen LogP contribution >= 0.6 is 0 Å². The molecule has 0 aliphatic heterocycles. The van der Waals surface area contributed by atoms with E-state index in [0.717, 1.165) is 12.8 Å². The zero-order chi connectivity index (χ0) is 15.3. The van der Waals surface area contributed by atoms with Gasteiger partial charge in [0.05, 0.1) is 32.1 Å². The number of aliphatic carboxylic acids is 1. The number of nitrogens with zero attached hydrogens (tertiary/aromatic N) is 1. The van der Waals surface area contributed by atoms with Gasteiger partial charge in [0.15, 0.2) is 0 Å². The molecule has 19 heavy (non-hydrogen) atoms. The quantitative estimate of drug-likeness (QED) is 0.460. The minimum absolute atomic E-state index is 0.458. The molecule has 4 N–H and O–H groups in total. The summed E-state index contributed by atoms with van der Waals surface area (Å²) in [5.74, 6) is -1.18. The highest BCUT2D eigenvalue weighted by Crippen LogP contribution is 2.03. The maximum atomic E-state index is 10.0. The highest BCUT2D eigenvalue weighted by Gasteiger charge is 2.16. The Morgan fingerprint density at radius 3 is 1.68 bits per heavy atom. The van der Waals surface area contributed by atoms with Crippen molar-refractivity contribution in [1.82, 2.24) is 0 Å². The monoisotopic (exact) mass is 275 g/mol. The minimum atomic E-state index is -1.18. The standard InChI is InChI=1S/C8H20N.C6H14N2O2/c1-5-9(6-2,7-3)8-4;7-4-2-1-3-5(8)6(9)10/h5-8H2,1-4H3;5H,1-4,7-8H2,(H,9,10)/q+1;/p-1/t;5-/m.0/s1. The average molecular weight is 275 g/mol. The molecule has 0 aliphatic carbocycles. The summed E-state index contributed by atoms with van der Waals surface area (Å²) in [4.78, 5) is 10.0. The molecule has 5 nitrogen and oxygen atoms in total. The summed E-state index contributed by atoms with van der Waals surface area (Å²) in [7, 11) is 0. The highest BCUT2D eigenvalue weighted by atomic mass is 16.4. The second kappa shape index (κ2) is 12.4. The number of unbranched alkanes of at least 4 members (excludes halogenated alkanes) is 1. The summed E-state index contributed by atoms with van der Waals surface area (Å²) in [5.41, 5.74) is 10.3. The molecule has 0 bridgehead atoms. The van der Waals surface area contributed by atoms with Crippen molar-refractivity contribution in [2.45, 2.75) is 53.0 Å². The molecule has 0 saturated carbocycles. The Morgan fingerprint density at radius 1 is 1.05 bits per heavy atom.